The second-order valence-corrected chi connectivity index (χ2v) is 5.59. The minimum absolute atomic E-state index is 0.0590. The largest absolute Gasteiger partial charge is 0.496 e. The van der Waals surface area contributed by atoms with E-state index in [2.05, 4.69) is 10.6 Å². The van der Waals surface area contributed by atoms with Gasteiger partial charge in [-0.2, -0.15) is 0 Å². The van der Waals surface area contributed by atoms with Crippen LogP contribution in [0.5, 0.6) is 5.75 Å². The molecule has 0 heterocycles. The fourth-order valence-electron chi connectivity index (χ4n) is 2.44. The van der Waals surface area contributed by atoms with Crippen molar-refractivity contribution in [2.45, 2.75) is 26.8 Å². The Balaban J connectivity index is 2.03. The zero-order valence-electron chi connectivity index (χ0n) is 14.2. The van der Waals surface area contributed by atoms with E-state index in [-0.39, 0.29) is 11.8 Å². The van der Waals surface area contributed by atoms with Crippen molar-refractivity contribution in [2.24, 2.45) is 0 Å². The van der Waals surface area contributed by atoms with Gasteiger partial charge < -0.3 is 15.4 Å². The second kappa shape index (κ2) is 8.15. The highest BCUT2D eigenvalue weighted by molar-refractivity contribution is 5.88. The first kappa shape index (κ1) is 17.5. The van der Waals surface area contributed by atoms with Gasteiger partial charge in [-0.3, -0.25) is 9.59 Å². The number of anilines is 1. The fourth-order valence-corrected chi connectivity index (χ4v) is 2.44. The molecule has 2 aromatic rings. The molecule has 0 aliphatic rings. The Morgan fingerprint density at radius 2 is 1.83 bits per heavy atom. The second-order valence-electron chi connectivity index (χ2n) is 5.59. The summed E-state index contributed by atoms with van der Waals surface area (Å²) in [4.78, 5) is 23.3. The Morgan fingerprint density at radius 3 is 2.50 bits per heavy atom. The van der Waals surface area contributed by atoms with Crippen molar-refractivity contribution >= 4 is 17.5 Å². The van der Waals surface area contributed by atoms with Gasteiger partial charge in [-0.05, 0) is 36.2 Å². The van der Waals surface area contributed by atoms with Gasteiger partial charge in [-0.15, -0.1) is 0 Å². The fraction of sp³-hybridized carbons (Fsp3) is 0.263. The lowest BCUT2D eigenvalue weighted by Crippen LogP contribution is -2.25. The predicted octanol–water partition coefficient (Wildman–Crippen LogP) is 2.82. The summed E-state index contributed by atoms with van der Waals surface area (Å²) in [5.74, 6) is 0.464. The lowest BCUT2D eigenvalue weighted by Gasteiger charge is -2.12. The molecule has 0 spiro atoms. The van der Waals surface area contributed by atoms with Gasteiger partial charge in [0.25, 0.3) is 0 Å². The molecule has 0 bridgehead atoms. The zero-order valence-corrected chi connectivity index (χ0v) is 14.2. The topological polar surface area (TPSA) is 67.4 Å². The van der Waals surface area contributed by atoms with E-state index < -0.39 is 0 Å². The van der Waals surface area contributed by atoms with Gasteiger partial charge in [0.1, 0.15) is 5.75 Å². The Hall–Kier alpha value is -2.82. The normalized spacial score (nSPS) is 10.1. The number of carbonyl (C=O) groups is 2. The van der Waals surface area contributed by atoms with Gasteiger partial charge in [0.15, 0.2) is 0 Å². The third-order valence-corrected chi connectivity index (χ3v) is 3.69. The van der Waals surface area contributed by atoms with Gasteiger partial charge in [-0.1, -0.05) is 24.3 Å². The first-order valence-electron chi connectivity index (χ1n) is 7.75. The number of hydrogen-bond donors (Lipinski definition) is 2. The molecule has 0 aromatic heterocycles. The van der Waals surface area contributed by atoms with Crippen LogP contribution in [-0.2, 0) is 22.6 Å². The minimum atomic E-state index is -0.144. The first-order valence-corrected chi connectivity index (χ1v) is 7.75. The average Bonchev–Trinajstić information content (AvgIpc) is 2.55. The quantitative estimate of drug-likeness (QED) is 0.858. The maximum Gasteiger partial charge on any atom is 0.224 e. The molecule has 126 valence electrons. The van der Waals surface area contributed by atoms with Crippen molar-refractivity contribution in [3.63, 3.8) is 0 Å². The predicted molar refractivity (Wildman–Crippen MR) is 94.0 cm³/mol. The Kier molecular flexibility index (Phi) is 5.95. The third kappa shape index (κ3) is 4.84. The summed E-state index contributed by atoms with van der Waals surface area (Å²) in [5.41, 5.74) is 3.58. The van der Waals surface area contributed by atoms with Crippen molar-refractivity contribution in [2.75, 3.05) is 12.4 Å². The number of nitrogens with one attached hydrogen (secondary N) is 2. The Morgan fingerprint density at radius 1 is 1.08 bits per heavy atom. The molecule has 0 aliphatic heterocycles. The van der Waals surface area contributed by atoms with Crippen LogP contribution in [0.15, 0.2) is 42.5 Å². The minimum Gasteiger partial charge on any atom is -0.496 e. The van der Waals surface area contributed by atoms with Gasteiger partial charge in [-0.25, -0.2) is 0 Å². The summed E-state index contributed by atoms with van der Waals surface area (Å²) in [6.07, 6.45) is 0.334. The SMILES string of the molecule is COc1ccc(NC(C)=O)cc1CNC(=O)Cc1ccccc1C. The van der Waals surface area contributed by atoms with Crippen LogP contribution >= 0.6 is 0 Å². The van der Waals surface area contributed by atoms with E-state index in [1.807, 2.05) is 31.2 Å². The molecule has 2 rings (SSSR count). The number of amides is 2. The van der Waals surface area contributed by atoms with Crippen molar-refractivity contribution in [1.29, 1.82) is 0 Å². The van der Waals surface area contributed by atoms with Gasteiger partial charge in [0, 0.05) is 24.7 Å². The standard InChI is InChI=1S/C19H22N2O3/c1-13-6-4-5-7-15(13)11-19(23)20-12-16-10-17(21-14(2)22)8-9-18(16)24-3/h4-10H,11-12H2,1-3H3,(H,20,23)(H,21,22). The molecule has 2 N–H and O–H groups in total. The lowest BCUT2D eigenvalue weighted by molar-refractivity contribution is -0.120. The number of carbonyl (C=O) groups excluding carboxylic acids is 2. The van der Waals surface area contributed by atoms with Crippen LogP contribution in [0.3, 0.4) is 0 Å². The van der Waals surface area contributed by atoms with Crippen LogP contribution < -0.4 is 15.4 Å². The van der Waals surface area contributed by atoms with Gasteiger partial charge in [0.05, 0.1) is 13.5 Å². The smallest absolute Gasteiger partial charge is 0.224 e. The highest BCUT2D eigenvalue weighted by Crippen LogP contribution is 2.22. The summed E-state index contributed by atoms with van der Waals surface area (Å²) < 4.78 is 5.31. The number of aryl methyl sites for hydroxylation is 1. The molecule has 2 amide bonds. The molecule has 0 unspecified atom stereocenters. The average molecular weight is 326 g/mol. The van der Waals surface area contributed by atoms with E-state index in [4.69, 9.17) is 4.74 Å². The third-order valence-electron chi connectivity index (χ3n) is 3.69. The monoisotopic (exact) mass is 326 g/mol. The molecular formula is C19H22N2O3. The molecule has 0 atom stereocenters. The molecule has 5 nitrogen and oxygen atoms in total. The molecule has 0 fully saturated rings. The zero-order chi connectivity index (χ0) is 17.5. The molecule has 24 heavy (non-hydrogen) atoms. The van der Waals surface area contributed by atoms with Crippen molar-refractivity contribution in [3.05, 3.63) is 59.2 Å². The van der Waals surface area contributed by atoms with E-state index in [0.29, 0.717) is 24.4 Å². The van der Waals surface area contributed by atoms with Crippen molar-refractivity contribution in [1.82, 2.24) is 5.32 Å². The van der Waals surface area contributed by atoms with Crippen molar-refractivity contribution in [3.8, 4) is 5.75 Å². The molecule has 2 aromatic carbocycles. The highest BCUT2D eigenvalue weighted by Gasteiger charge is 2.09. The van der Waals surface area contributed by atoms with E-state index in [9.17, 15) is 9.59 Å². The van der Waals surface area contributed by atoms with Crippen LogP contribution in [0.4, 0.5) is 5.69 Å². The summed E-state index contributed by atoms with van der Waals surface area (Å²) >= 11 is 0. The summed E-state index contributed by atoms with van der Waals surface area (Å²) in [6, 6.07) is 13.2. The Labute approximate surface area is 142 Å². The van der Waals surface area contributed by atoms with Crippen LogP contribution in [0.2, 0.25) is 0 Å². The van der Waals surface area contributed by atoms with E-state index in [0.717, 1.165) is 16.7 Å². The number of hydrogen-bond acceptors (Lipinski definition) is 3. The van der Waals surface area contributed by atoms with Crippen molar-refractivity contribution < 1.29 is 14.3 Å². The molecule has 0 radical (unpaired) electrons. The van der Waals surface area contributed by atoms with Crippen LogP contribution in [-0.4, -0.2) is 18.9 Å². The molecule has 5 heteroatoms. The van der Waals surface area contributed by atoms with Gasteiger partial charge in [0.2, 0.25) is 11.8 Å². The van der Waals surface area contributed by atoms with Crippen LogP contribution in [0, 0.1) is 6.92 Å². The molecule has 0 saturated carbocycles. The number of ether oxygens (including phenoxy) is 1. The van der Waals surface area contributed by atoms with E-state index >= 15 is 0 Å². The maximum absolute atomic E-state index is 12.2. The molecular weight excluding hydrogens is 304 g/mol. The Bertz CT molecular complexity index is 741. The van der Waals surface area contributed by atoms with E-state index in [1.54, 1.807) is 25.3 Å². The maximum atomic E-state index is 12.2. The van der Waals surface area contributed by atoms with Crippen LogP contribution in [0.1, 0.15) is 23.6 Å². The summed E-state index contributed by atoms with van der Waals surface area (Å²) in [7, 11) is 1.58. The summed E-state index contributed by atoms with van der Waals surface area (Å²) in [5, 5.41) is 5.62. The first-order chi connectivity index (χ1) is 11.5. The lowest BCUT2D eigenvalue weighted by atomic mass is 10.1. The molecule has 0 saturated heterocycles. The van der Waals surface area contributed by atoms with Crippen LogP contribution in [0.25, 0.3) is 0 Å². The van der Waals surface area contributed by atoms with E-state index in [1.165, 1.54) is 6.92 Å². The summed E-state index contributed by atoms with van der Waals surface area (Å²) in [6.45, 7) is 3.78. The highest BCUT2D eigenvalue weighted by atomic mass is 16.5. The number of rotatable bonds is 6. The molecule has 0 aliphatic carbocycles. The number of benzene rings is 2. The van der Waals surface area contributed by atoms with Gasteiger partial charge >= 0.3 is 0 Å². The number of methoxy groups -OCH3 is 1.